The van der Waals surface area contributed by atoms with Crippen LogP contribution >= 0.6 is 45.2 Å². The molecule has 0 radical (unpaired) electrons. The van der Waals surface area contributed by atoms with E-state index in [-0.39, 0.29) is 0 Å². The zero-order chi connectivity index (χ0) is 9.14. The van der Waals surface area contributed by atoms with Gasteiger partial charge in [-0.25, -0.2) is 0 Å². The monoisotopic (exact) mass is 387 g/mol. The van der Waals surface area contributed by atoms with Crippen LogP contribution in [-0.4, -0.2) is 4.98 Å². The fourth-order valence-corrected chi connectivity index (χ4v) is 2.69. The molecule has 66 valence electrons. The van der Waals surface area contributed by atoms with Crippen molar-refractivity contribution in [3.63, 3.8) is 0 Å². The summed E-state index contributed by atoms with van der Waals surface area (Å²) in [6.45, 7) is 4.27. The van der Waals surface area contributed by atoms with Crippen molar-refractivity contribution in [3.8, 4) is 0 Å². The summed E-state index contributed by atoms with van der Waals surface area (Å²) in [5, 5.41) is 0. The third-order valence-electron chi connectivity index (χ3n) is 1.88. The lowest BCUT2D eigenvalue weighted by atomic mass is 10.1. The highest BCUT2D eigenvalue weighted by atomic mass is 127. The Morgan fingerprint density at radius 1 is 1.50 bits per heavy atom. The highest BCUT2D eigenvalue weighted by Crippen LogP contribution is 2.21. The molecule has 12 heavy (non-hydrogen) atoms. The van der Waals surface area contributed by atoms with E-state index in [0.717, 1.165) is 16.5 Å². The summed E-state index contributed by atoms with van der Waals surface area (Å²) in [5.41, 5.74) is 4.01. The Balaban J connectivity index is 3.25. The van der Waals surface area contributed by atoms with E-state index >= 15 is 0 Å². The van der Waals surface area contributed by atoms with Crippen LogP contribution in [0.1, 0.15) is 23.7 Å². The molecule has 0 fully saturated rings. The summed E-state index contributed by atoms with van der Waals surface area (Å²) in [6.07, 6.45) is 3.11. The van der Waals surface area contributed by atoms with Crippen molar-refractivity contribution in [1.82, 2.24) is 4.98 Å². The number of nitrogens with zero attached hydrogens (tertiary/aromatic N) is 1. The summed E-state index contributed by atoms with van der Waals surface area (Å²) < 4.78 is 2.40. The Labute approximate surface area is 101 Å². The molecule has 0 saturated carbocycles. The lowest BCUT2D eigenvalue weighted by molar-refractivity contribution is 1.03. The van der Waals surface area contributed by atoms with Crippen LogP contribution in [0.4, 0.5) is 0 Å². The van der Waals surface area contributed by atoms with Gasteiger partial charge >= 0.3 is 0 Å². The van der Waals surface area contributed by atoms with Crippen LogP contribution in [0, 0.1) is 10.5 Å². The number of pyridine rings is 1. The number of rotatable bonds is 2. The minimum atomic E-state index is 1.06. The van der Waals surface area contributed by atoms with E-state index in [1.54, 1.807) is 0 Å². The minimum absolute atomic E-state index is 1.06. The van der Waals surface area contributed by atoms with E-state index in [2.05, 4.69) is 64.0 Å². The lowest BCUT2D eigenvalue weighted by Gasteiger charge is -2.08. The predicted molar refractivity (Wildman–Crippen MR) is 68.8 cm³/mol. The van der Waals surface area contributed by atoms with Crippen LogP contribution in [-0.2, 0) is 10.8 Å². The third-order valence-corrected chi connectivity index (χ3v) is 4.14. The van der Waals surface area contributed by atoms with Crippen LogP contribution in [0.15, 0.2) is 6.20 Å². The average Bonchev–Trinajstić information content (AvgIpc) is 2.09. The van der Waals surface area contributed by atoms with Crippen molar-refractivity contribution in [2.75, 3.05) is 0 Å². The fourth-order valence-electron chi connectivity index (χ4n) is 1.17. The first-order valence-corrected chi connectivity index (χ1v) is 6.50. The molecule has 0 aromatic carbocycles. The van der Waals surface area contributed by atoms with E-state index in [4.69, 9.17) is 0 Å². The molecule has 0 amide bonds. The maximum atomic E-state index is 4.35. The number of hydrogen-bond acceptors (Lipinski definition) is 1. The largest absolute Gasteiger partial charge is 0.260 e. The summed E-state index contributed by atoms with van der Waals surface area (Å²) in [5.74, 6) is 0. The molecule has 1 nitrogen and oxygen atoms in total. The van der Waals surface area contributed by atoms with E-state index in [0.29, 0.717) is 0 Å². The quantitative estimate of drug-likeness (QED) is 0.560. The predicted octanol–water partition coefficient (Wildman–Crippen LogP) is 3.49. The normalized spacial score (nSPS) is 10.3. The maximum absolute atomic E-state index is 4.35. The Morgan fingerprint density at radius 2 is 2.17 bits per heavy atom. The minimum Gasteiger partial charge on any atom is -0.260 e. The first kappa shape index (κ1) is 10.7. The summed E-state index contributed by atoms with van der Waals surface area (Å²) >= 11 is 4.78. The SMILES string of the molecule is CCc1c(CI)cnc(C)c1I. The van der Waals surface area contributed by atoms with Gasteiger partial charge in [-0.15, -0.1) is 0 Å². The van der Waals surface area contributed by atoms with Gasteiger partial charge in [0.1, 0.15) is 0 Å². The van der Waals surface area contributed by atoms with Crippen molar-refractivity contribution in [2.45, 2.75) is 24.7 Å². The second-order valence-electron chi connectivity index (χ2n) is 2.65. The molecule has 0 atom stereocenters. The Hall–Kier alpha value is 0.610. The van der Waals surface area contributed by atoms with Crippen molar-refractivity contribution >= 4 is 45.2 Å². The Morgan fingerprint density at radius 3 is 2.67 bits per heavy atom. The molecule has 0 spiro atoms. The maximum Gasteiger partial charge on any atom is 0.0508 e. The zero-order valence-corrected chi connectivity index (χ0v) is 11.5. The number of aryl methyl sites for hydroxylation is 1. The number of alkyl halides is 1. The van der Waals surface area contributed by atoms with Gasteiger partial charge in [0.05, 0.1) is 5.69 Å². The molecule has 0 aliphatic carbocycles. The number of hydrogen-bond donors (Lipinski definition) is 0. The highest BCUT2D eigenvalue weighted by Gasteiger charge is 2.06. The molecule has 0 aliphatic rings. The molecule has 1 aromatic rings. The fraction of sp³-hybridized carbons (Fsp3) is 0.444. The van der Waals surface area contributed by atoms with Crippen molar-refractivity contribution in [2.24, 2.45) is 0 Å². The molecule has 0 unspecified atom stereocenters. The average molecular weight is 387 g/mol. The molecule has 3 heteroatoms. The van der Waals surface area contributed by atoms with Gasteiger partial charge < -0.3 is 0 Å². The van der Waals surface area contributed by atoms with E-state index in [1.165, 1.54) is 14.7 Å². The van der Waals surface area contributed by atoms with Gasteiger partial charge in [-0.05, 0) is 47.1 Å². The first-order chi connectivity index (χ1) is 5.70. The van der Waals surface area contributed by atoms with E-state index in [1.807, 2.05) is 6.20 Å². The molecule has 0 bridgehead atoms. The van der Waals surface area contributed by atoms with Gasteiger partial charge in [0.15, 0.2) is 0 Å². The lowest BCUT2D eigenvalue weighted by Crippen LogP contribution is -1.98. The number of aromatic nitrogens is 1. The van der Waals surface area contributed by atoms with Gasteiger partial charge in [0.2, 0.25) is 0 Å². The van der Waals surface area contributed by atoms with Crippen molar-refractivity contribution < 1.29 is 0 Å². The van der Waals surface area contributed by atoms with Gasteiger partial charge in [-0.1, -0.05) is 29.5 Å². The second kappa shape index (κ2) is 4.74. The second-order valence-corrected chi connectivity index (χ2v) is 4.49. The van der Waals surface area contributed by atoms with Gasteiger partial charge in [-0.2, -0.15) is 0 Å². The first-order valence-electron chi connectivity index (χ1n) is 3.89. The van der Waals surface area contributed by atoms with Crippen molar-refractivity contribution in [1.29, 1.82) is 0 Å². The van der Waals surface area contributed by atoms with Crippen LogP contribution < -0.4 is 0 Å². The van der Waals surface area contributed by atoms with E-state index < -0.39 is 0 Å². The molecule has 1 heterocycles. The molecule has 1 rings (SSSR count). The van der Waals surface area contributed by atoms with Crippen LogP contribution in [0.5, 0.6) is 0 Å². The van der Waals surface area contributed by atoms with Crippen LogP contribution in [0.25, 0.3) is 0 Å². The number of halogens is 2. The molecule has 0 saturated heterocycles. The highest BCUT2D eigenvalue weighted by molar-refractivity contribution is 14.1. The molecular formula is C9H11I2N. The van der Waals surface area contributed by atoms with Crippen LogP contribution in [0.3, 0.4) is 0 Å². The molecule has 0 aliphatic heterocycles. The Kier molecular flexibility index (Phi) is 4.22. The molecule has 1 aromatic heterocycles. The Bertz CT molecular complexity index is 284. The molecular weight excluding hydrogens is 376 g/mol. The zero-order valence-electron chi connectivity index (χ0n) is 7.19. The van der Waals surface area contributed by atoms with Crippen molar-refractivity contribution in [3.05, 3.63) is 26.6 Å². The van der Waals surface area contributed by atoms with Gasteiger partial charge in [-0.3, -0.25) is 4.98 Å². The smallest absolute Gasteiger partial charge is 0.0508 e. The topological polar surface area (TPSA) is 12.9 Å². The summed E-state index contributed by atoms with van der Waals surface area (Å²) in [6, 6.07) is 0. The van der Waals surface area contributed by atoms with Crippen LogP contribution in [0.2, 0.25) is 0 Å². The standard InChI is InChI=1S/C9H11I2N/c1-3-8-7(4-10)5-12-6(2)9(8)11/h5H,3-4H2,1-2H3. The summed E-state index contributed by atoms with van der Waals surface area (Å²) in [4.78, 5) is 4.35. The van der Waals surface area contributed by atoms with E-state index in [9.17, 15) is 0 Å². The molecule has 0 N–H and O–H groups in total. The van der Waals surface area contributed by atoms with Gasteiger partial charge in [0.25, 0.3) is 0 Å². The van der Waals surface area contributed by atoms with Gasteiger partial charge in [0, 0.05) is 14.2 Å². The third kappa shape index (κ3) is 2.10. The summed E-state index contributed by atoms with van der Waals surface area (Å²) in [7, 11) is 0.